The fraction of sp³-hybridized carbons (Fsp3) is 0.133. The van der Waals surface area contributed by atoms with Crippen LogP contribution in [-0.4, -0.2) is 23.2 Å². The molecule has 3 aromatic rings. The summed E-state index contributed by atoms with van der Waals surface area (Å²) >= 11 is 7.40. The molecule has 2 N–H and O–H groups in total. The number of H-pyrrole nitrogens is 1. The zero-order chi connectivity index (χ0) is 15.0. The predicted molar refractivity (Wildman–Crippen MR) is 84.5 cm³/mol. The van der Waals surface area contributed by atoms with Crippen molar-refractivity contribution in [2.24, 2.45) is 0 Å². The molecule has 0 bridgehead atoms. The Morgan fingerprint density at radius 3 is 2.81 bits per heavy atom. The summed E-state index contributed by atoms with van der Waals surface area (Å²) in [5.74, 6) is -0.175. The van der Waals surface area contributed by atoms with Gasteiger partial charge in [-0.25, -0.2) is 0 Å². The molecule has 0 amide bonds. The maximum Gasteiger partial charge on any atom is 0.307 e. The quantitative estimate of drug-likeness (QED) is 0.757. The first kappa shape index (κ1) is 14.0. The molecule has 0 aliphatic carbocycles. The maximum atomic E-state index is 11.2. The molecular weight excluding hydrogens is 310 g/mol. The van der Waals surface area contributed by atoms with Crippen LogP contribution in [0.15, 0.2) is 30.3 Å². The van der Waals surface area contributed by atoms with Crippen molar-refractivity contribution >= 4 is 39.8 Å². The summed E-state index contributed by atoms with van der Waals surface area (Å²) in [6, 6.07) is 9.27. The molecular formula is C15H12ClNO3S. The summed E-state index contributed by atoms with van der Waals surface area (Å²) in [5, 5.41) is 10.0. The number of carbonyl (C=O) groups is 1. The zero-order valence-corrected chi connectivity index (χ0v) is 12.7. The Morgan fingerprint density at radius 2 is 2.19 bits per heavy atom. The van der Waals surface area contributed by atoms with Gasteiger partial charge in [0.2, 0.25) is 0 Å². The number of nitrogens with one attached hydrogen (secondary N) is 1. The Hall–Kier alpha value is -1.98. The van der Waals surface area contributed by atoms with Gasteiger partial charge in [-0.3, -0.25) is 4.79 Å². The lowest BCUT2D eigenvalue weighted by Crippen LogP contribution is -2.00. The summed E-state index contributed by atoms with van der Waals surface area (Å²) in [4.78, 5) is 15.4. The number of thiophene rings is 1. The monoisotopic (exact) mass is 321 g/mol. The fourth-order valence-electron chi connectivity index (χ4n) is 2.35. The lowest BCUT2D eigenvalue weighted by molar-refractivity contribution is -0.136. The molecule has 6 heteroatoms. The molecule has 0 atom stereocenters. The van der Waals surface area contributed by atoms with Crippen molar-refractivity contribution in [3.05, 3.63) is 40.2 Å². The number of hydrogen-bond donors (Lipinski definition) is 2. The highest BCUT2D eigenvalue weighted by Gasteiger charge is 2.17. The fourth-order valence-corrected chi connectivity index (χ4v) is 3.42. The van der Waals surface area contributed by atoms with Crippen molar-refractivity contribution in [2.75, 3.05) is 7.11 Å². The third-order valence-corrected chi connectivity index (χ3v) is 4.51. The van der Waals surface area contributed by atoms with Crippen LogP contribution >= 0.6 is 22.9 Å². The van der Waals surface area contributed by atoms with Crippen LogP contribution in [0.5, 0.6) is 5.75 Å². The van der Waals surface area contributed by atoms with E-state index in [1.807, 2.05) is 24.3 Å². The van der Waals surface area contributed by atoms with E-state index in [0.717, 1.165) is 27.0 Å². The van der Waals surface area contributed by atoms with E-state index in [4.69, 9.17) is 16.3 Å². The van der Waals surface area contributed by atoms with Gasteiger partial charge in [-0.15, -0.1) is 11.3 Å². The minimum absolute atomic E-state index is 0.0575. The number of halogens is 1. The molecule has 0 aliphatic heterocycles. The SMILES string of the molecule is COc1ccc2[nH]c(-c3ccc(Cl)s3)c(CC(=O)O)c2c1. The number of carboxylic acids is 1. The molecule has 4 nitrogen and oxygen atoms in total. The molecule has 1 aromatic carbocycles. The molecule has 2 aromatic heterocycles. The molecule has 21 heavy (non-hydrogen) atoms. The van der Waals surface area contributed by atoms with E-state index in [-0.39, 0.29) is 6.42 Å². The largest absolute Gasteiger partial charge is 0.497 e. The normalized spacial score (nSPS) is 11.0. The Labute approximate surface area is 129 Å². The van der Waals surface area contributed by atoms with E-state index in [1.165, 1.54) is 11.3 Å². The van der Waals surface area contributed by atoms with Gasteiger partial charge in [0.25, 0.3) is 0 Å². The van der Waals surface area contributed by atoms with Crippen LogP contribution in [-0.2, 0) is 11.2 Å². The number of benzene rings is 1. The van der Waals surface area contributed by atoms with E-state index in [1.54, 1.807) is 13.2 Å². The van der Waals surface area contributed by atoms with Gasteiger partial charge in [0, 0.05) is 10.9 Å². The third kappa shape index (κ3) is 2.62. The maximum absolute atomic E-state index is 11.2. The van der Waals surface area contributed by atoms with E-state index in [9.17, 15) is 9.90 Å². The van der Waals surface area contributed by atoms with Crippen LogP contribution in [0, 0.1) is 0 Å². The number of rotatable bonds is 4. The van der Waals surface area contributed by atoms with Crippen molar-refractivity contribution < 1.29 is 14.6 Å². The van der Waals surface area contributed by atoms with Gasteiger partial charge < -0.3 is 14.8 Å². The summed E-state index contributed by atoms with van der Waals surface area (Å²) in [7, 11) is 1.59. The highest BCUT2D eigenvalue weighted by atomic mass is 35.5. The molecule has 0 saturated heterocycles. The van der Waals surface area contributed by atoms with Gasteiger partial charge in [0.05, 0.1) is 28.4 Å². The van der Waals surface area contributed by atoms with Crippen molar-refractivity contribution in [1.82, 2.24) is 4.98 Å². The highest BCUT2D eigenvalue weighted by Crippen LogP contribution is 2.37. The second kappa shape index (κ2) is 5.42. The molecule has 0 fully saturated rings. The average molecular weight is 322 g/mol. The Kier molecular flexibility index (Phi) is 3.61. The minimum Gasteiger partial charge on any atom is -0.497 e. The predicted octanol–water partition coefficient (Wildman–Crippen LogP) is 4.19. The minimum atomic E-state index is -0.873. The molecule has 0 aliphatic rings. The van der Waals surface area contributed by atoms with Crippen LogP contribution in [0.1, 0.15) is 5.56 Å². The summed E-state index contributed by atoms with van der Waals surface area (Å²) in [5.41, 5.74) is 2.43. The molecule has 108 valence electrons. The molecule has 0 saturated carbocycles. The lowest BCUT2D eigenvalue weighted by Gasteiger charge is -2.01. The standard InChI is InChI=1S/C15H12ClNO3S/c1-20-8-2-3-11-9(6-8)10(7-14(18)19)15(17-11)12-4-5-13(16)21-12/h2-6,17H,7H2,1H3,(H,18,19). The lowest BCUT2D eigenvalue weighted by atomic mass is 10.1. The summed E-state index contributed by atoms with van der Waals surface area (Å²) < 4.78 is 5.89. The van der Waals surface area contributed by atoms with Crippen LogP contribution in [0.4, 0.5) is 0 Å². The summed E-state index contributed by atoms with van der Waals surface area (Å²) in [6.07, 6.45) is -0.0575. The second-order valence-corrected chi connectivity index (χ2v) is 6.28. The number of hydrogen-bond acceptors (Lipinski definition) is 3. The molecule has 3 rings (SSSR count). The van der Waals surface area contributed by atoms with Gasteiger partial charge in [-0.2, -0.15) is 0 Å². The number of carboxylic acid groups (broad SMARTS) is 1. The number of aliphatic carboxylic acids is 1. The number of aromatic amines is 1. The van der Waals surface area contributed by atoms with Gasteiger partial charge in [0.1, 0.15) is 5.75 Å². The molecule has 0 unspecified atom stereocenters. The topological polar surface area (TPSA) is 62.3 Å². The zero-order valence-electron chi connectivity index (χ0n) is 11.1. The third-order valence-electron chi connectivity index (χ3n) is 3.26. The first-order valence-electron chi connectivity index (χ1n) is 6.24. The molecule has 0 radical (unpaired) electrons. The van der Waals surface area contributed by atoms with Crippen LogP contribution in [0.25, 0.3) is 21.5 Å². The summed E-state index contributed by atoms with van der Waals surface area (Å²) in [6.45, 7) is 0. The smallest absolute Gasteiger partial charge is 0.307 e. The molecule has 2 heterocycles. The van der Waals surface area contributed by atoms with Gasteiger partial charge >= 0.3 is 5.97 Å². The number of ether oxygens (including phenoxy) is 1. The number of fused-ring (bicyclic) bond motifs is 1. The van der Waals surface area contributed by atoms with Gasteiger partial charge in [-0.05, 0) is 35.9 Å². The van der Waals surface area contributed by atoms with Crippen molar-refractivity contribution in [2.45, 2.75) is 6.42 Å². The molecule has 0 spiro atoms. The van der Waals surface area contributed by atoms with Crippen LogP contribution < -0.4 is 4.74 Å². The number of aromatic nitrogens is 1. The van der Waals surface area contributed by atoms with Crippen molar-refractivity contribution in [3.8, 4) is 16.3 Å². The Balaban J connectivity index is 2.25. The van der Waals surface area contributed by atoms with Gasteiger partial charge in [-0.1, -0.05) is 11.6 Å². The van der Waals surface area contributed by atoms with E-state index in [2.05, 4.69) is 4.98 Å². The highest BCUT2D eigenvalue weighted by molar-refractivity contribution is 7.19. The second-order valence-electron chi connectivity index (χ2n) is 4.56. The van der Waals surface area contributed by atoms with E-state index in [0.29, 0.717) is 10.1 Å². The first-order chi connectivity index (χ1) is 10.1. The average Bonchev–Trinajstić information content (AvgIpc) is 3.02. The van der Waals surface area contributed by atoms with Crippen molar-refractivity contribution in [1.29, 1.82) is 0 Å². The van der Waals surface area contributed by atoms with E-state index >= 15 is 0 Å². The Morgan fingerprint density at radius 1 is 1.38 bits per heavy atom. The van der Waals surface area contributed by atoms with E-state index < -0.39 is 5.97 Å². The Bertz CT molecular complexity index is 822. The van der Waals surface area contributed by atoms with Crippen molar-refractivity contribution in [3.63, 3.8) is 0 Å². The van der Waals surface area contributed by atoms with Crippen LogP contribution in [0.3, 0.4) is 0 Å². The first-order valence-corrected chi connectivity index (χ1v) is 7.44. The van der Waals surface area contributed by atoms with Crippen LogP contribution in [0.2, 0.25) is 4.34 Å². The van der Waals surface area contributed by atoms with Gasteiger partial charge in [0.15, 0.2) is 0 Å². The number of methoxy groups -OCH3 is 1.